The van der Waals surface area contributed by atoms with Crippen LogP contribution >= 0.6 is 11.6 Å². The molecule has 7 heteroatoms. The summed E-state index contributed by atoms with van der Waals surface area (Å²) in [5, 5.41) is 3.55. The van der Waals surface area contributed by atoms with Gasteiger partial charge in [0, 0.05) is 48.6 Å². The van der Waals surface area contributed by atoms with Crippen LogP contribution in [0.25, 0.3) is 0 Å². The standard InChI is InChI=1S/C19H22ClN3O3/c1-25-17-8-7-16(13-18(17)26-2)22-9-11-23(12-10-22)19(24)21-15-5-3-14(20)4-6-15/h3-8,13H,9-12H2,1-2H3,(H,21,24). The molecule has 0 aliphatic carbocycles. The van der Waals surface area contributed by atoms with E-state index < -0.39 is 0 Å². The van der Waals surface area contributed by atoms with Crippen molar-refractivity contribution in [1.82, 2.24) is 4.90 Å². The summed E-state index contributed by atoms with van der Waals surface area (Å²) in [7, 11) is 3.25. The molecule has 1 aliphatic heterocycles. The average molecular weight is 376 g/mol. The highest BCUT2D eigenvalue weighted by molar-refractivity contribution is 6.30. The summed E-state index contributed by atoms with van der Waals surface area (Å²) >= 11 is 5.87. The van der Waals surface area contributed by atoms with Gasteiger partial charge in [0.15, 0.2) is 11.5 Å². The van der Waals surface area contributed by atoms with Crippen LogP contribution in [-0.2, 0) is 0 Å². The Bertz CT molecular complexity index is 759. The second-order valence-corrected chi connectivity index (χ2v) is 6.39. The third kappa shape index (κ3) is 4.14. The van der Waals surface area contributed by atoms with E-state index in [1.54, 1.807) is 38.5 Å². The maximum absolute atomic E-state index is 12.4. The number of methoxy groups -OCH3 is 2. The minimum absolute atomic E-state index is 0.0979. The molecule has 2 aromatic rings. The van der Waals surface area contributed by atoms with Crippen molar-refractivity contribution in [2.24, 2.45) is 0 Å². The van der Waals surface area contributed by atoms with Crippen molar-refractivity contribution in [3.05, 3.63) is 47.5 Å². The van der Waals surface area contributed by atoms with Crippen LogP contribution in [-0.4, -0.2) is 51.3 Å². The van der Waals surface area contributed by atoms with Gasteiger partial charge < -0.3 is 24.6 Å². The Labute approximate surface area is 158 Å². The van der Waals surface area contributed by atoms with Crippen LogP contribution in [0.4, 0.5) is 16.2 Å². The first-order valence-electron chi connectivity index (χ1n) is 8.39. The van der Waals surface area contributed by atoms with Gasteiger partial charge in [-0.1, -0.05) is 11.6 Å². The molecule has 3 rings (SSSR count). The first kappa shape index (κ1) is 18.2. The van der Waals surface area contributed by atoms with Gasteiger partial charge in [0.1, 0.15) is 0 Å². The molecule has 26 heavy (non-hydrogen) atoms. The molecular formula is C19H22ClN3O3. The van der Waals surface area contributed by atoms with E-state index in [9.17, 15) is 4.79 Å². The van der Waals surface area contributed by atoms with Crippen molar-refractivity contribution in [2.75, 3.05) is 50.6 Å². The monoisotopic (exact) mass is 375 g/mol. The van der Waals surface area contributed by atoms with Crippen LogP contribution in [0.5, 0.6) is 11.5 Å². The number of nitrogens with zero attached hydrogens (tertiary/aromatic N) is 2. The lowest BCUT2D eigenvalue weighted by Crippen LogP contribution is -2.50. The molecule has 0 bridgehead atoms. The lowest BCUT2D eigenvalue weighted by molar-refractivity contribution is 0.208. The third-order valence-electron chi connectivity index (χ3n) is 4.39. The quantitative estimate of drug-likeness (QED) is 0.885. The highest BCUT2D eigenvalue weighted by Gasteiger charge is 2.22. The second kappa shape index (κ2) is 8.19. The third-order valence-corrected chi connectivity index (χ3v) is 4.65. The van der Waals surface area contributed by atoms with E-state index in [4.69, 9.17) is 21.1 Å². The lowest BCUT2D eigenvalue weighted by Gasteiger charge is -2.36. The Morgan fingerprint density at radius 3 is 2.23 bits per heavy atom. The summed E-state index contributed by atoms with van der Waals surface area (Å²) in [6.45, 7) is 2.80. The van der Waals surface area contributed by atoms with Crippen molar-refractivity contribution in [2.45, 2.75) is 0 Å². The van der Waals surface area contributed by atoms with E-state index >= 15 is 0 Å². The molecule has 138 valence electrons. The molecule has 6 nitrogen and oxygen atoms in total. The van der Waals surface area contributed by atoms with Crippen molar-refractivity contribution >= 4 is 29.0 Å². The maximum Gasteiger partial charge on any atom is 0.321 e. The van der Waals surface area contributed by atoms with E-state index in [1.807, 2.05) is 23.1 Å². The predicted octanol–water partition coefficient (Wildman–Crippen LogP) is 3.71. The van der Waals surface area contributed by atoms with Gasteiger partial charge in [-0.05, 0) is 36.4 Å². The number of urea groups is 1. The van der Waals surface area contributed by atoms with Gasteiger partial charge in [0.2, 0.25) is 0 Å². The number of carbonyl (C=O) groups excluding carboxylic acids is 1. The van der Waals surface area contributed by atoms with Gasteiger partial charge >= 0.3 is 6.03 Å². The Balaban J connectivity index is 1.58. The number of hydrogen-bond acceptors (Lipinski definition) is 4. The second-order valence-electron chi connectivity index (χ2n) is 5.95. The highest BCUT2D eigenvalue weighted by Crippen LogP contribution is 2.31. The lowest BCUT2D eigenvalue weighted by atomic mass is 10.2. The summed E-state index contributed by atoms with van der Waals surface area (Å²) in [4.78, 5) is 16.4. The fourth-order valence-corrected chi connectivity index (χ4v) is 3.05. The number of halogens is 1. The van der Waals surface area contributed by atoms with Crippen LogP contribution in [0, 0.1) is 0 Å². The fraction of sp³-hybridized carbons (Fsp3) is 0.316. The molecule has 1 saturated heterocycles. The van der Waals surface area contributed by atoms with Crippen LogP contribution in [0.2, 0.25) is 5.02 Å². The molecule has 0 radical (unpaired) electrons. The molecule has 2 amide bonds. The fourth-order valence-electron chi connectivity index (χ4n) is 2.93. The molecular weight excluding hydrogens is 354 g/mol. The molecule has 0 atom stereocenters. The van der Waals surface area contributed by atoms with E-state index in [2.05, 4.69) is 10.2 Å². The predicted molar refractivity (Wildman–Crippen MR) is 104 cm³/mol. The smallest absolute Gasteiger partial charge is 0.321 e. The number of anilines is 2. The van der Waals surface area contributed by atoms with Gasteiger partial charge in [-0.3, -0.25) is 0 Å². The molecule has 1 aliphatic rings. The Morgan fingerprint density at radius 1 is 0.962 bits per heavy atom. The van der Waals surface area contributed by atoms with Crippen molar-refractivity contribution in [3.8, 4) is 11.5 Å². The Kier molecular flexibility index (Phi) is 5.73. The molecule has 1 fully saturated rings. The number of piperazine rings is 1. The van der Waals surface area contributed by atoms with Crippen LogP contribution < -0.4 is 19.7 Å². The van der Waals surface area contributed by atoms with E-state index in [1.165, 1.54) is 0 Å². The van der Waals surface area contributed by atoms with Gasteiger partial charge in [0.25, 0.3) is 0 Å². The van der Waals surface area contributed by atoms with Crippen LogP contribution in [0.3, 0.4) is 0 Å². The van der Waals surface area contributed by atoms with Gasteiger partial charge in [-0.2, -0.15) is 0 Å². The van der Waals surface area contributed by atoms with E-state index in [-0.39, 0.29) is 6.03 Å². The summed E-state index contributed by atoms with van der Waals surface area (Å²) < 4.78 is 10.6. The number of carbonyl (C=O) groups is 1. The topological polar surface area (TPSA) is 54.0 Å². The van der Waals surface area contributed by atoms with Gasteiger partial charge in [-0.25, -0.2) is 4.79 Å². The molecule has 0 aromatic heterocycles. The highest BCUT2D eigenvalue weighted by atomic mass is 35.5. The zero-order chi connectivity index (χ0) is 18.5. The molecule has 1 N–H and O–H groups in total. The summed E-state index contributed by atoms with van der Waals surface area (Å²) in [6.07, 6.45) is 0. The average Bonchev–Trinajstić information content (AvgIpc) is 2.69. The minimum atomic E-state index is -0.0979. The van der Waals surface area contributed by atoms with Crippen LogP contribution in [0.1, 0.15) is 0 Å². The van der Waals surface area contributed by atoms with E-state index in [0.717, 1.165) is 24.5 Å². The zero-order valence-electron chi connectivity index (χ0n) is 14.9. The normalized spacial score (nSPS) is 14.1. The summed E-state index contributed by atoms with van der Waals surface area (Å²) in [5.41, 5.74) is 1.79. The number of rotatable bonds is 4. The number of ether oxygens (including phenoxy) is 2. The molecule has 2 aromatic carbocycles. The largest absolute Gasteiger partial charge is 0.493 e. The van der Waals surface area contributed by atoms with E-state index in [0.29, 0.717) is 29.6 Å². The Morgan fingerprint density at radius 2 is 1.62 bits per heavy atom. The van der Waals surface area contributed by atoms with Crippen molar-refractivity contribution in [1.29, 1.82) is 0 Å². The zero-order valence-corrected chi connectivity index (χ0v) is 15.6. The first-order chi connectivity index (χ1) is 12.6. The SMILES string of the molecule is COc1ccc(N2CCN(C(=O)Nc3ccc(Cl)cc3)CC2)cc1OC. The minimum Gasteiger partial charge on any atom is -0.493 e. The van der Waals surface area contributed by atoms with Crippen molar-refractivity contribution < 1.29 is 14.3 Å². The number of nitrogens with one attached hydrogen (secondary N) is 1. The Hall–Kier alpha value is -2.60. The maximum atomic E-state index is 12.4. The first-order valence-corrected chi connectivity index (χ1v) is 8.77. The number of amides is 2. The van der Waals surface area contributed by atoms with Gasteiger partial charge in [-0.15, -0.1) is 0 Å². The van der Waals surface area contributed by atoms with Crippen molar-refractivity contribution in [3.63, 3.8) is 0 Å². The summed E-state index contributed by atoms with van der Waals surface area (Å²) in [5.74, 6) is 1.41. The number of hydrogen-bond donors (Lipinski definition) is 1. The number of benzene rings is 2. The van der Waals surface area contributed by atoms with Crippen LogP contribution in [0.15, 0.2) is 42.5 Å². The molecule has 0 spiro atoms. The molecule has 1 heterocycles. The summed E-state index contributed by atoms with van der Waals surface area (Å²) in [6, 6.07) is 12.9. The van der Waals surface area contributed by atoms with Gasteiger partial charge in [0.05, 0.1) is 14.2 Å². The molecule has 0 saturated carbocycles. The molecule has 0 unspecified atom stereocenters.